The van der Waals surface area contributed by atoms with E-state index in [4.69, 9.17) is 4.98 Å². The molecular formula is C26H27N2S+. The molecule has 0 N–H and O–H groups in total. The summed E-state index contributed by atoms with van der Waals surface area (Å²) in [5.74, 6) is 0. The number of aromatic nitrogens is 2. The molecule has 3 heteroatoms. The van der Waals surface area contributed by atoms with Gasteiger partial charge in [-0.05, 0) is 70.3 Å². The molecule has 1 aliphatic heterocycles. The van der Waals surface area contributed by atoms with Gasteiger partial charge in [-0.3, -0.25) is 0 Å². The summed E-state index contributed by atoms with van der Waals surface area (Å²) in [6, 6.07) is 13.5. The number of benzene rings is 3. The van der Waals surface area contributed by atoms with Crippen molar-refractivity contribution in [3.05, 3.63) is 59.4 Å². The number of nitrogens with zero attached hydrogens (tertiary/aromatic N) is 2. The largest absolute Gasteiger partial charge is 0.287 e. The third-order valence-electron chi connectivity index (χ3n) is 5.96. The molecule has 2 heterocycles. The Hall–Kier alpha value is -2.39. The van der Waals surface area contributed by atoms with Gasteiger partial charge in [0.25, 0.3) is 6.33 Å². The molecule has 1 aromatic heterocycles. The number of aryl methyl sites for hydroxylation is 3. The summed E-state index contributed by atoms with van der Waals surface area (Å²) < 4.78 is 2.20. The van der Waals surface area contributed by atoms with Crippen LogP contribution in [0.4, 0.5) is 0 Å². The van der Waals surface area contributed by atoms with Crippen molar-refractivity contribution in [3.63, 3.8) is 0 Å². The van der Waals surface area contributed by atoms with Gasteiger partial charge in [-0.2, -0.15) is 0 Å². The average Bonchev–Trinajstić information content (AvgIpc) is 2.66. The number of hydrogen-bond donors (Lipinski definition) is 0. The maximum Gasteiger partial charge on any atom is 0.287 e. The van der Waals surface area contributed by atoms with Crippen molar-refractivity contribution in [2.45, 2.75) is 50.8 Å². The van der Waals surface area contributed by atoms with Gasteiger partial charge in [0, 0.05) is 15.4 Å². The molecule has 29 heavy (non-hydrogen) atoms. The van der Waals surface area contributed by atoms with Crippen LogP contribution in [0.5, 0.6) is 0 Å². The monoisotopic (exact) mass is 399 g/mol. The fourth-order valence-corrected chi connectivity index (χ4v) is 6.10. The second kappa shape index (κ2) is 6.30. The minimum atomic E-state index is 0.253. The first kappa shape index (κ1) is 18.6. The topological polar surface area (TPSA) is 16.8 Å². The SMILES string of the molecule is Cc1c2c(c(C)c3ccccc13)-c1c3c(cc(CC(C)(C)C)cc3nc[n+]1C)S2. The van der Waals surface area contributed by atoms with Gasteiger partial charge in [0.2, 0.25) is 0 Å². The molecular weight excluding hydrogens is 372 g/mol. The van der Waals surface area contributed by atoms with E-state index in [0.29, 0.717) is 0 Å². The molecule has 4 aromatic rings. The van der Waals surface area contributed by atoms with Gasteiger partial charge < -0.3 is 0 Å². The molecule has 0 radical (unpaired) electrons. The Morgan fingerprint density at radius 1 is 1.00 bits per heavy atom. The Morgan fingerprint density at radius 2 is 1.69 bits per heavy atom. The molecule has 146 valence electrons. The van der Waals surface area contributed by atoms with Gasteiger partial charge in [-0.1, -0.05) is 56.8 Å². The van der Waals surface area contributed by atoms with Gasteiger partial charge in [-0.25, -0.2) is 4.57 Å². The van der Waals surface area contributed by atoms with Gasteiger partial charge in [0.15, 0.2) is 5.52 Å². The minimum Gasteiger partial charge on any atom is -0.232 e. The van der Waals surface area contributed by atoms with Gasteiger partial charge >= 0.3 is 0 Å². The zero-order valence-corrected chi connectivity index (χ0v) is 18.9. The smallest absolute Gasteiger partial charge is 0.232 e. The van der Waals surface area contributed by atoms with Crippen LogP contribution in [0.2, 0.25) is 0 Å². The van der Waals surface area contributed by atoms with Crippen LogP contribution < -0.4 is 4.57 Å². The Morgan fingerprint density at radius 3 is 2.38 bits per heavy atom. The van der Waals surface area contributed by atoms with Crippen LogP contribution in [0.3, 0.4) is 0 Å². The highest BCUT2D eigenvalue weighted by Gasteiger charge is 2.30. The van der Waals surface area contributed by atoms with Crippen LogP contribution in [0.15, 0.2) is 52.5 Å². The van der Waals surface area contributed by atoms with Crippen LogP contribution in [0.1, 0.15) is 37.5 Å². The van der Waals surface area contributed by atoms with Crippen molar-refractivity contribution < 1.29 is 4.57 Å². The lowest BCUT2D eigenvalue weighted by Crippen LogP contribution is -2.33. The molecule has 0 bridgehead atoms. The summed E-state index contributed by atoms with van der Waals surface area (Å²) in [5.41, 5.74) is 8.15. The minimum absolute atomic E-state index is 0.253. The van der Waals surface area contributed by atoms with Gasteiger partial charge in [-0.15, -0.1) is 0 Å². The zero-order chi connectivity index (χ0) is 20.5. The van der Waals surface area contributed by atoms with Crippen molar-refractivity contribution in [2.75, 3.05) is 0 Å². The number of fused-ring (bicyclic) bond motifs is 3. The molecule has 0 saturated carbocycles. The van der Waals surface area contributed by atoms with E-state index in [-0.39, 0.29) is 5.41 Å². The lowest BCUT2D eigenvalue weighted by molar-refractivity contribution is -0.662. The van der Waals surface area contributed by atoms with E-state index in [9.17, 15) is 0 Å². The van der Waals surface area contributed by atoms with E-state index < -0.39 is 0 Å². The van der Waals surface area contributed by atoms with Crippen LogP contribution in [0, 0.1) is 19.3 Å². The molecule has 5 rings (SSSR count). The fourth-order valence-electron chi connectivity index (χ4n) is 4.75. The molecule has 0 spiro atoms. The van der Waals surface area contributed by atoms with E-state index in [1.165, 1.54) is 53.9 Å². The number of rotatable bonds is 1. The van der Waals surface area contributed by atoms with Crippen LogP contribution in [-0.2, 0) is 13.5 Å². The summed E-state index contributed by atoms with van der Waals surface area (Å²) in [6.07, 6.45) is 3.03. The quantitative estimate of drug-likeness (QED) is 0.297. The Balaban J connectivity index is 1.89. The fraction of sp³-hybridized carbons (Fsp3) is 0.308. The second-order valence-corrected chi connectivity index (χ2v) is 10.6. The Bertz CT molecular complexity index is 1310. The first-order valence-corrected chi connectivity index (χ1v) is 11.1. The van der Waals surface area contributed by atoms with E-state index >= 15 is 0 Å². The molecule has 3 aromatic carbocycles. The second-order valence-electron chi connectivity index (χ2n) is 9.53. The van der Waals surface area contributed by atoms with Crippen LogP contribution in [0.25, 0.3) is 32.9 Å². The lowest BCUT2D eigenvalue weighted by Gasteiger charge is -2.25. The lowest BCUT2D eigenvalue weighted by atomic mass is 9.87. The van der Waals surface area contributed by atoms with Crippen LogP contribution in [-0.4, -0.2) is 4.98 Å². The third kappa shape index (κ3) is 2.86. The molecule has 0 amide bonds. The highest BCUT2D eigenvalue weighted by Crippen LogP contribution is 2.51. The predicted molar refractivity (Wildman–Crippen MR) is 123 cm³/mol. The molecule has 0 unspecified atom stereocenters. The first-order valence-electron chi connectivity index (χ1n) is 10.3. The van der Waals surface area contributed by atoms with Crippen molar-refractivity contribution >= 4 is 33.4 Å². The molecule has 0 saturated heterocycles. The Labute approximate surface area is 177 Å². The summed E-state index contributed by atoms with van der Waals surface area (Å²) in [7, 11) is 2.12. The average molecular weight is 400 g/mol. The van der Waals surface area contributed by atoms with Crippen molar-refractivity contribution in [1.82, 2.24) is 4.98 Å². The van der Waals surface area contributed by atoms with Gasteiger partial charge in [0.05, 0.1) is 12.4 Å². The Kier molecular flexibility index (Phi) is 4.05. The van der Waals surface area contributed by atoms with Crippen molar-refractivity contribution in [3.8, 4) is 11.3 Å². The highest BCUT2D eigenvalue weighted by molar-refractivity contribution is 7.99. The molecule has 0 aliphatic carbocycles. The standard InChI is InChI=1S/C26H27N2S/c1-15-18-9-7-8-10-19(18)16(2)25-22(15)24-23-20(27-14-28(24)6)11-17(12-21(23)29-25)13-26(3,4)5/h7-12,14H,13H2,1-6H3/q+1. The molecule has 2 nitrogen and oxygen atoms in total. The normalized spacial score (nSPS) is 13.2. The summed E-state index contributed by atoms with van der Waals surface area (Å²) in [5, 5.41) is 4.00. The van der Waals surface area contributed by atoms with Crippen molar-refractivity contribution in [1.29, 1.82) is 0 Å². The summed E-state index contributed by atoms with van der Waals surface area (Å²) in [6.45, 7) is 11.4. The van der Waals surface area contributed by atoms with E-state index in [1.807, 2.05) is 18.1 Å². The number of hydrogen-bond acceptors (Lipinski definition) is 2. The third-order valence-corrected chi connectivity index (χ3v) is 7.22. The molecule has 0 atom stereocenters. The zero-order valence-electron chi connectivity index (χ0n) is 18.1. The molecule has 1 aliphatic rings. The summed E-state index contributed by atoms with van der Waals surface area (Å²) >= 11 is 1.93. The maximum absolute atomic E-state index is 4.81. The maximum atomic E-state index is 4.81. The predicted octanol–water partition coefficient (Wildman–Crippen LogP) is 6.55. The van der Waals surface area contributed by atoms with E-state index in [1.54, 1.807) is 0 Å². The van der Waals surface area contributed by atoms with Crippen LogP contribution >= 0.6 is 11.8 Å². The van der Waals surface area contributed by atoms with Gasteiger partial charge in [0.1, 0.15) is 5.69 Å². The first-order chi connectivity index (χ1) is 13.7. The van der Waals surface area contributed by atoms with Crippen molar-refractivity contribution in [2.24, 2.45) is 12.5 Å². The van der Waals surface area contributed by atoms with E-state index in [2.05, 4.69) is 82.6 Å². The highest BCUT2D eigenvalue weighted by atomic mass is 32.2. The van der Waals surface area contributed by atoms with E-state index in [0.717, 1.165) is 11.9 Å². The summed E-state index contributed by atoms with van der Waals surface area (Å²) in [4.78, 5) is 7.54. The molecule has 0 fully saturated rings.